The predicted octanol–water partition coefficient (Wildman–Crippen LogP) is 4.03. The first-order chi connectivity index (χ1) is 11.6. The highest BCUT2D eigenvalue weighted by Crippen LogP contribution is 2.27. The van der Waals surface area contributed by atoms with E-state index in [-0.39, 0.29) is 5.56 Å². The minimum Gasteiger partial charge on any atom is -0.491 e. The van der Waals surface area contributed by atoms with Crippen LogP contribution in [0.25, 0.3) is 0 Å². The molecule has 24 heavy (non-hydrogen) atoms. The number of amides is 1. The first-order valence-corrected chi connectivity index (χ1v) is 7.37. The Balaban J connectivity index is 1.88. The zero-order chi connectivity index (χ0) is 17.1. The maximum Gasteiger partial charge on any atom is 0.262 e. The fourth-order valence-electron chi connectivity index (χ4n) is 2.49. The Labute approximate surface area is 138 Å². The van der Waals surface area contributed by atoms with Gasteiger partial charge in [0, 0.05) is 11.8 Å². The highest BCUT2D eigenvalue weighted by molar-refractivity contribution is 5.96. The first-order valence-electron chi connectivity index (χ1n) is 7.37. The Morgan fingerprint density at radius 2 is 2.04 bits per heavy atom. The summed E-state index contributed by atoms with van der Waals surface area (Å²) < 4.78 is 37.6. The predicted molar refractivity (Wildman–Crippen MR) is 83.8 cm³/mol. The molecule has 4 nitrogen and oxygen atoms in total. The molecule has 0 saturated heterocycles. The average molecular weight is 331 g/mol. The maximum absolute atomic E-state index is 13.8. The maximum atomic E-state index is 13.8. The second kappa shape index (κ2) is 6.70. The van der Waals surface area contributed by atoms with E-state index >= 15 is 0 Å². The van der Waals surface area contributed by atoms with Crippen molar-refractivity contribution in [2.75, 3.05) is 7.11 Å². The summed E-state index contributed by atoms with van der Waals surface area (Å²) in [5, 5.41) is 0. The van der Waals surface area contributed by atoms with Gasteiger partial charge in [0.1, 0.15) is 12.0 Å². The van der Waals surface area contributed by atoms with Crippen LogP contribution in [0.2, 0.25) is 0 Å². The van der Waals surface area contributed by atoms with Crippen molar-refractivity contribution >= 4 is 5.91 Å². The third-order valence-corrected chi connectivity index (χ3v) is 3.69. The Kier molecular flexibility index (Phi) is 4.46. The second-order valence-corrected chi connectivity index (χ2v) is 5.24. The van der Waals surface area contributed by atoms with Gasteiger partial charge in [-0.1, -0.05) is 18.2 Å². The Bertz CT molecular complexity index is 770. The van der Waals surface area contributed by atoms with Crippen molar-refractivity contribution in [2.45, 2.75) is 12.8 Å². The summed E-state index contributed by atoms with van der Waals surface area (Å²) in [6.45, 7) is 0. The van der Waals surface area contributed by atoms with Crippen molar-refractivity contribution in [3.63, 3.8) is 0 Å². The minimum atomic E-state index is -0.928. The summed E-state index contributed by atoms with van der Waals surface area (Å²) in [5.74, 6) is -2.41. The van der Waals surface area contributed by atoms with Gasteiger partial charge in [0.2, 0.25) is 0 Å². The molecule has 1 heterocycles. The van der Waals surface area contributed by atoms with E-state index in [0.717, 1.165) is 37.7 Å². The molecule has 0 aromatic heterocycles. The van der Waals surface area contributed by atoms with E-state index in [1.807, 2.05) is 18.2 Å². The molecule has 124 valence electrons. The lowest BCUT2D eigenvalue weighted by molar-refractivity contribution is 0.0854. The molecule has 0 unspecified atom stereocenters. The van der Waals surface area contributed by atoms with Crippen LogP contribution in [0.15, 0.2) is 60.4 Å². The summed E-state index contributed by atoms with van der Waals surface area (Å²) in [7, 11) is 1.16. The second-order valence-electron chi connectivity index (χ2n) is 5.24. The van der Waals surface area contributed by atoms with Crippen LogP contribution in [-0.2, 0) is 4.74 Å². The molecule has 1 aliphatic heterocycles. The van der Waals surface area contributed by atoms with Crippen molar-refractivity contribution in [1.29, 1.82) is 0 Å². The molecule has 6 heteroatoms. The van der Waals surface area contributed by atoms with E-state index in [0.29, 0.717) is 5.76 Å². The van der Waals surface area contributed by atoms with Crippen LogP contribution in [0.4, 0.5) is 8.78 Å². The minimum absolute atomic E-state index is 0.120. The van der Waals surface area contributed by atoms with Gasteiger partial charge in [-0.25, -0.2) is 8.78 Å². The van der Waals surface area contributed by atoms with Crippen molar-refractivity contribution in [2.24, 2.45) is 0 Å². The largest absolute Gasteiger partial charge is 0.491 e. The van der Waals surface area contributed by atoms with E-state index in [2.05, 4.69) is 4.74 Å². The fourth-order valence-corrected chi connectivity index (χ4v) is 2.49. The van der Waals surface area contributed by atoms with Gasteiger partial charge in [0.05, 0.1) is 13.3 Å². The number of hydrogen-bond acceptors (Lipinski definition) is 3. The van der Waals surface area contributed by atoms with Gasteiger partial charge >= 0.3 is 0 Å². The number of halogens is 2. The molecule has 0 saturated carbocycles. The first kappa shape index (κ1) is 16.0. The van der Waals surface area contributed by atoms with Crippen LogP contribution < -0.4 is 4.74 Å². The molecule has 0 atom stereocenters. The van der Waals surface area contributed by atoms with E-state index in [1.54, 1.807) is 0 Å². The van der Waals surface area contributed by atoms with Crippen LogP contribution in [-0.4, -0.2) is 17.9 Å². The quantitative estimate of drug-likeness (QED) is 0.839. The molecule has 0 fully saturated rings. The number of carbonyl (C=O) groups excluding carboxylic acids is 1. The topological polar surface area (TPSA) is 38.8 Å². The molecule has 2 aliphatic rings. The van der Waals surface area contributed by atoms with Gasteiger partial charge in [-0.15, -0.1) is 0 Å². The third-order valence-electron chi connectivity index (χ3n) is 3.69. The lowest BCUT2D eigenvalue weighted by atomic mass is 10.0. The number of carbonyl (C=O) groups is 1. The lowest BCUT2D eigenvalue weighted by Crippen LogP contribution is -2.23. The highest BCUT2D eigenvalue weighted by atomic mass is 19.1. The molecular formula is C18H15F2NO3. The van der Waals surface area contributed by atoms with Gasteiger partial charge in [0.15, 0.2) is 17.4 Å². The molecule has 1 aliphatic carbocycles. The van der Waals surface area contributed by atoms with Crippen LogP contribution in [0.3, 0.4) is 0 Å². The number of ether oxygens (including phenoxy) is 2. The van der Waals surface area contributed by atoms with E-state index in [9.17, 15) is 13.6 Å². The SMILES string of the molecule is COc1c(F)cc(C(=O)N2C=COC(C3=CC=CCC3)=C2)cc1F. The molecular weight excluding hydrogens is 316 g/mol. The summed E-state index contributed by atoms with van der Waals surface area (Å²) in [5.41, 5.74) is 0.831. The summed E-state index contributed by atoms with van der Waals surface area (Å²) in [4.78, 5) is 13.7. The van der Waals surface area contributed by atoms with Gasteiger partial charge in [-0.05, 0) is 30.5 Å². The normalized spacial score (nSPS) is 16.4. The van der Waals surface area contributed by atoms with Crippen molar-refractivity contribution < 1.29 is 23.0 Å². The number of methoxy groups -OCH3 is 1. The standard InChI is InChI=1S/C18H15F2NO3/c1-23-17-14(19)9-13(10-15(17)20)18(22)21-7-8-24-16(11-21)12-5-3-2-4-6-12/h2-3,5,7-11H,4,6H2,1H3. The molecule has 1 aromatic carbocycles. The molecule has 1 aromatic rings. The molecule has 1 amide bonds. The van der Waals surface area contributed by atoms with Crippen molar-refractivity contribution in [3.8, 4) is 5.75 Å². The summed E-state index contributed by atoms with van der Waals surface area (Å²) in [6, 6.07) is 1.90. The van der Waals surface area contributed by atoms with Crippen LogP contribution in [0.5, 0.6) is 5.75 Å². The fraction of sp³-hybridized carbons (Fsp3) is 0.167. The molecule has 0 spiro atoms. The van der Waals surface area contributed by atoms with E-state index in [4.69, 9.17) is 4.74 Å². The number of hydrogen-bond donors (Lipinski definition) is 0. The van der Waals surface area contributed by atoms with Crippen LogP contribution in [0.1, 0.15) is 23.2 Å². The molecule has 0 radical (unpaired) electrons. The van der Waals surface area contributed by atoms with Crippen molar-refractivity contribution in [1.82, 2.24) is 4.90 Å². The average Bonchev–Trinajstić information content (AvgIpc) is 2.61. The lowest BCUT2D eigenvalue weighted by Gasteiger charge is -2.22. The summed E-state index contributed by atoms with van der Waals surface area (Å²) >= 11 is 0. The smallest absolute Gasteiger partial charge is 0.262 e. The van der Waals surface area contributed by atoms with Crippen LogP contribution in [0, 0.1) is 11.6 Å². The van der Waals surface area contributed by atoms with E-state index < -0.39 is 23.3 Å². The number of allylic oxidation sites excluding steroid dienone is 4. The van der Waals surface area contributed by atoms with Gasteiger partial charge in [-0.2, -0.15) is 0 Å². The Morgan fingerprint density at radius 1 is 1.29 bits per heavy atom. The zero-order valence-corrected chi connectivity index (χ0v) is 13.0. The Morgan fingerprint density at radius 3 is 2.67 bits per heavy atom. The number of benzene rings is 1. The van der Waals surface area contributed by atoms with Crippen molar-refractivity contribution in [3.05, 3.63) is 77.6 Å². The monoisotopic (exact) mass is 331 g/mol. The van der Waals surface area contributed by atoms with Gasteiger partial charge < -0.3 is 9.47 Å². The van der Waals surface area contributed by atoms with E-state index in [1.165, 1.54) is 23.6 Å². The summed E-state index contributed by atoms with van der Waals surface area (Å²) in [6.07, 6.45) is 11.8. The molecule has 0 bridgehead atoms. The molecule has 3 rings (SSSR count). The number of nitrogens with zero attached hydrogens (tertiary/aromatic N) is 1. The van der Waals surface area contributed by atoms with Gasteiger partial charge in [-0.3, -0.25) is 9.69 Å². The number of rotatable bonds is 3. The highest BCUT2D eigenvalue weighted by Gasteiger charge is 2.21. The molecule has 0 N–H and O–H groups in total. The van der Waals surface area contributed by atoms with Gasteiger partial charge in [0.25, 0.3) is 5.91 Å². The third kappa shape index (κ3) is 3.08. The zero-order valence-electron chi connectivity index (χ0n) is 13.0. The van der Waals surface area contributed by atoms with Crippen LogP contribution >= 0.6 is 0 Å². The Hall–Kier alpha value is -2.89.